The van der Waals surface area contributed by atoms with Crippen LogP contribution in [0.5, 0.6) is 0 Å². The number of halogens is 3. The predicted octanol–water partition coefficient (Wildman–Crippen LogP) is 5.24. The van der Waals surface area contributed by atoms with E-state index in [0.717, 1.165) is 10.0 Å². The number of nitrogens with one attached hydrogen (secondary N) is 1. The molecule has 7 heteroatoms. The monoisotopic (exact) mass is 484 g/mol. The topological polar surface area (TPSA) is 49.4 Å². The zero-order valence-electron chi connectivity index (χ0n) is 16.0. The number of rotatable bonds is 7. The van der Waals surface area contributed by atoms with Gasteiger partial charge in [-0.1, -0.05) is 57.3 Å². The van der Waals surface area contributed by atoms with Crippen LogP contribution in [0.25, 0.3) is 0 Å². The maximum atomic E-state index is 13.1. The van der Waals surface area contributed by atoms with Crippen molar-refractivity contribution in [2.45, 2.75) is 45.8 Å². The highest BCUT2D eigenvalue weighted by molar-refractivity contribution is 9.10. The summed E-state index contributed by atoms with van der Waals surface area (Å²) in [7, 11) is 0. The Bertz CT molecular complexity index is 841. The predicted molar refractivity (Wildman–Crippen MR) is 118 cm³/mol. The van der Waals surface area contributed by atoms with Crippen molar-refractivity contribution in [2.24, 2.45) is 0 Å². The van der Waals surface area contributed by atoms with Crippen LogP contribution in [0.1, 0.15) is 31.9 Å². The molecule has 4 nitrogen and oxygen atoms in total. The van der Waals surface area contributed by atoms with Gasteiger partial charge >= 0.3 is 0 Å². The molecule has 28 heavy (non-hydrogen) atoms. The Labute approximate surface area is 184 Å². The van der Waals surface area contributed by atoms with E-state index in [1.165, 1.54) is 0 Å². The smallest absolute Gasteiger partial charge is 0.242 e. The minimum atomic E-state index is -0.621. The first-order valence-corrected chi connectivity index (χ1v) is 10.5. The van der Waals surface area contributed by atoms with Crippen molar-refractivity contribution in [1.82, 2.24) is 10.2 Å². The van der Waals surface area contributed by atoms with Gasteiger partial charge in [0.1, 0.15) is 6.04 Å². The first-order chi connectivity index (χ1) is 13.2. The molecule has 2 aromatic rings. The fourth-order valence-electron chi connectivity index (χ4n) is 2.70. The second-order valence-electron chi connectivity index (χ2n) is 6.90. The van der Waals surface area contributed by atoms with Gasteiger partial charge < -0.3 is 10.2 Å². The van der Waals surface area contributed by atoms with Crippen LogP contribution in [0.15, 0.2) is 46.9 Å². The van der Waals surface area contributed by atoms with Crippen LogP contribution in [0, 0.1) is 0 Å². The van der Waals surface area contributed by atoms with E-state index in [1.54, 1.807) is 30.0 Å². The maximum Gasteiger partial charge on any atom is 0.242 e. The second-order valence-corrected chi connectivity index (χ2v) is 8.66. The number of carbonyl (C=O) groups excluding carboxylic acids is 2. The Kier molecular flexibility index (Phi) is 8.35. The van der Waals surface area contributed by atoms with Crippen LogP contribution in [-0.4, -0.2) is 28.8 Å². The van der Waals surface area contributed by atoms with Crippen molar-refractivity contribution < 1.29 is 9.59 Å². The van der Waals surface area contributed by atoms with Gasteiger partial charge in [-0.15, -0.1) is 0 Å². The van der Waals surface area contributed by atoms with Crippen LogP contribution >= 0.6 is 39.1 Å². The summed E-state index contributed by atoms with van der Waals surface area (Å²) < 4.78 is 0.952. The van der Waals surface area contributed by atoms with Crippen LogP contribution in [0.4, 0.5) is 0 Å². The number of hydrogen-bond acceptors (Lipinski definition) is 2. The zero-order chi connectivity index (χ0) is 20.8. The molecule has 2 aromatic carbocycles. The summed E-state index contributed by atoms with van der Waals surface area (Å²) in [6.45, 7) is 5.83. The van der Waals surface area contributed by atoms with Gasteiger partial charge in [0.05, 0.1) is 6.42 Å². The van der Waals surface area contributed by atoms with E-state index >= 15 is 0 Å². The quantitative estimate of drug-likeness (QED) is 0.582. The minimum absolute atomic E-state index is 0.00899. The molecule has 0 aliphatic rings. The van der Waals surface area contributed by atoms with Gasteiger partial charge in [-0.3, -0.25) is 9.59 Å². The average Bonchev–Trinajstić information content (AvgIpc) is 2.62. The zero-order valence-corrected chi connectivity index (χ0v) is 19.1. The SMILES string of the molecule is CC(C)NC(=O)C(C)N(Cc1ccc(Br)cc1)C(=O)Cc1ccc(Cl)cc1Cl. The minimum Gasteiger partial charge on any atom is -0.352 e. The lowest BCUT2D eigenvalue weighted by molar-refractivity contribution is -0.140. The summed E-state index contributed by atoms with van der Waals surface area (Å²) in [5, 5.41) is 3.82. The standard InChI is InChI=1S/C21H23BrCl2N2O2/c1-13(2)25-21(28)14(3)26(12-15-4-7-17(22)8-5-15)20(27)10-16-6-9-18(23)11-19(16)24/h4-9,11,13-14H,10,12H2,1-3H3,(H,25,28). The van der Waals surface area contributed by atoms with E-state index in [4.69, 9.17) is 23.2 Å². The fraction of sp³-hybridized carbons (Fsp3) is 0.333. The van der Waals surface area contributed by atoms with Crippen molar-refractivity contribution in [3.8, 4) is 0 Å². The number of carbonyl (C=O) groups is 2. The molecule has 0 saturated heterocycles. The number of nitrogens with zero attached hydrogens (tertiary/aromatic N) is 1. The Morgan fingerprint density at radius 1 is 1.07 bits per heavy atom. The Hall–Kier alpha value is -1.56. The van der Waals surface area contributed by atoms with Crippen LogP contribution in [0.2, 0.25) is 10.0 Å². The lowest BCUT2D eigenvalue weighted by Gasteiger charge is -2.29. The largest absolute Gasteiger partial charge is 0.352 e. The first kappa shape index (κ1) is 22.7. The van der Waals surface area contributed by atoms with E-state index in [0.29, 0.717) is 22.2 Å². The van der Waals surface area contributed by atoms with Crippen molar-refractivity contribution in [1.29, 1.82) is 0 Å². The molecule has 1 unspecified atom stereocenters. The van der Waals surface area contributed by atoms with E-state index < -0.39 is 6.04 Å². The van der Waals surface area contributed by atoms with Crippen molar-refractivity contribution >= 4 is 50.9 Å². The Balaban J connectivity index is 2.26. The van der Waals surface area contributed by atoms with E-state index in [2.05, 4.69) is 21.2 Å². The van der Waals surface area contributed by atoms with Gasteiger partial charge in [-0.2, -0.15) is 0 Å². The highest BCUT2D eigenvalue weighted by atomic mass is 79.9. The molecule has 1 atom stereocenters. The summed E-state index contributed by atoms with van der Waals surface area (Å²) >= 11 is 15.6. The van der Waals surface area contributed by atoms with Crippen LogP contribution < -0.4 is 5.32 Å². The third-order valence-corrected chi connectivity index (χ3v) is 5.34. The molecule has 2 amide bonds. The molecule has 0 radical (unpaired) electrons. The van der Waals surface area contributed by atoms with E-state index in [9.17, 15) is 9.59 Å². The molecular formula is C21H23BrCl2N2O2. The second kappa shape index (κ2) is 10.3. The Morgan fingerprint density at radius 2 is 1.71 bits per heavy atom. The summed E-state index contributed by atoms with van der Waals surface area (Å²) in [4.78, 5) is 27.2. The highest BCUT2D eigenvalue weighted by Crippen LogP contribution is 2.23. The van der Waals surface area contributed by atoms with Gasteiger partial charge in [0, 0.05) is 27.1 Å². The lowest BCUT2D eigenvalue weighted by atomic mass is 10.1. The van der Waals surface area contributed by atoms with Gasteiger partial charge in [0.15, 0.2) is 0 Å². The summed E-state index contributed by atoms with van der Waals surface area (Å²) in [5.41, 5.74) is 1.61. The molecule has 0 bridgehead atoms. The summed E-state index contributed by atoms with van der Waals surface area (Å²) in [5.74, 6) is -0.374. The van der Waals surface area contributed by atoms with Crippen molar-refractivity contribution in [3.63, 3.8) is 0 Å². The lowest BCUT2D eigenvalue weighted by Crippen LogP contribution is -2.49. The summed E-state index contributed by atoms with van der Waals surface area (Å²) in [6.07, 6.45) is 0.0891. The van der Waals surface area contributed by atoms with Gasteiger partial charge in [0.25, 0.3) is 0 Å². The molecule has 0 spiro atoms. The molecule has 0 saturated carbocycles. The first-order valence-electron chi connectivity index (χ1n) is 8.95. The number of hydrogen-bond donors (Lipinski definition) is 1. The van der Waals surface area contributed by atoms with Crippen LogP contribution in [-0.2, 0) is 22.6 Å². The molecule has 0 aliphatic heterocycles. The van der Waals surface area contributed by atoms with Gasteiger partial charge in [0.2, 0.25) is 11.8 Å². The molecule has 150 valence electrons. The molecule has 0 aliphatic carbocycles. The van der Waals surface area contributed by atoms with Crippen molar-refractivity contribution in [3.05, 3.63) is 68.1 Å². The molecule has 2 rings (SSSR count). The maximum absolute atomic E-state index is 13.1. The Morgan fingerprint density at radius 3 is 2.29 bits per heavy atom. The highest BCUT2D eigenvalue weighted by Gasteiger charge is 2.27. The molecule has 0 aromatic heterocycles. The third kappa shape index (κ3) is 6.50. The average molecular weight is 486 g/mol. The summed E-state index contributed by atoms with van der Waals surface area (Å²) in [6, 6.07) is 12.1. The normalized spacial score (nSPS) is 12.0. The number of benzene rings is 2. The molecule has 0 fully saturated rings. The van der Waals surface area contributed by atoms with Crippen LogP contribution in [0.3, 0.4) is 0 Å². The molecule has 1 N–H and O–H groups in total. The van der Waals surface area contributed by atoms with Crippen molar-refractivity contribution in [2.75, 3.05) is 0 Å². The molecular weight excluding hydrogens is 463 g/mol. The van der Waals surface area contributed by atoms with E-state index in [1.807, 2.05) is 38.1 Å². The van der Waals surface area contributed by atoms with Gasteiger partial charge in [-0.25, -0.2) is 0 Å². The molecule has 0 heterocycles. The van der Waals surface area contributed by atoms with E-state index in [-0.39, 0.29) is 24.3 Å². The van der Waals surface area contributed by atoms with Gasteiger partial charge in [-0.05, 0) is 56.2 Å². The number of amides is 2. The fourth-order valence-corrected chi connectivity index (χ4v) is 3.44. The third-order valence-electron chi connectivity index (χ3n) is 4.22.